The van der Waals surface area contributed by atoms with Crippen LogP contribution in [-0.2, 0) is 4.79 Å². The van der Waals surface area contributed by atoms with Crippen molar-refractivity contribution in [1.29, 1.82) is 0 Å². The van der Waals surface area contributed by atoms with Gasteiger partial charge in [-0.3, -0.25) is 4.79 Å². The second-order valence-electron chi connectivity index (χ2n) is 5.84. The van der Waals surface area contributed by atoms with Gasteiger partial charge in [-0.05, 0) is 42.0 Å². The number of carbonyl (C=O) groups excluding carboxylic acids is 1. The van der Waals surface area contributed by atoms with E-state index in [-0.39, 0.29) is 11.7 Å². The molecular weight excluding hydrogens is 302 g/mol. The number of benzene rings is 2. The van der Waals surface area contributed by atoms with Gasteiger partial charge in [-0.25, -0.2) is 0 Å². The molecule has 0 fully saturated rings. The number of allylic oxidation sites excluding steroid dienone is 2. The first-order valence-corrected chi connectivity index (χ1v) is 7.95. The average molecular weight is 323 g/mol. The summed E-state index contributed by atoms with van der Waals surface area (Å²) in [6.45, 7) is 0. The van der Waals surface area contributed by atoms with Gasteiger partial charge in [0.25, 0.3) is 0 Å². The van der Waals surface area contributed by atoms with Crippen molar-refractivity contribution in [1.82, 2.24) is 0 Å². The van der Waals surface area contributed by atoms with Crippen molar-refractivity contribution >= 4 is 11.5 Å². The molecule has 0 heterocycles. The van der Waals surface area contributed by atoms with E-state index < -0.39 is 0 Å². The summed E-state index contributed by atoms with van der Waals surface area (Å²) in [6, 6.07) is 15.6. The van der Waals surface area contributed by atoms with E-state index in [0.717, 1.165) is 28.4 Å². The molecule has 1 atom stereocenters. The molecule has 2 aromatic rings. The number of hydrogen-bond donors (Lipinski definition) is 1. The van der Waals surface area contributed by atoms with Crippen LogP contribution in [0, 0.1) is 0 Å². The van der Waals surface area contributed by atoms with Gasteiger partial charge in [-0.2, -0.15) is 0 Å². The molecule has 4 heteroatoms. The maximum Gasteiger partial charge on any atom is 0.139 e. The minimum absolute atomic E-state index is 0.0953. The molecule has 0 aliphatic heterocycles. The van der Waals surface area contributed by atoms with Crippen LogP contribution in [-0.4, -0.2) is 20.0 Å². The van der Waals surface area contributed by atoms with E-state index in [0.29, 0.717) is 12.8 Å². The van der Waals surface area contributed by atoms with E-state index in [1.54, 1.807) is 14.2 Å². The van der Waals surface area contributed by atoms with Crippen LogP contribution in [0.3, 0.4) is 0 Å². The van der Waals surface area contributed by atoms with Gasteiger partial charge in [0.2, 0.25) is 0 Å². The van der Waals surface area contributed by atoms with Crippen LogP contribution >= 0.6 is 0 Å². The summed E-state index contributed by atoms with van der Waals surface area (Å²) in [4.78, 5) is 12.1. The highest BCUT2D eigenvalue weighted by atomic mass is 16.5. The molecule has 0 amide bonds. The van der Waals surface area contributed by atoms with Crippen molar-refractivity contribution < 1.29 is 14.3 Å². The number of hydrogen-bond acceptors (Lipinski definition) is 4. The van der Waals surface area contributed by atoms with Crippen LogP contribution in [0.4, 0.5) is 5.69 Å². The summed E-state index contributed by atoms with van der Waals surface area (Å²) in [5.41, 5.74) is 3.01. The lowest BCUT2D eigenvalue weighted by Crippen LogP contribution is -2.16. The monoisotopic (exact) mass is 323 g/mol. The molecule has 0 saturated carbocycles. The summed E-state index contributed by atoms with van der Waals surface area (Å²) in [7, 11) is 3.29. The Morgan fingerprint density at radius 2 is 1.50 bits per heavy atom. The maximum absolute atomic E-state index is 12.1. The van der Waals surface area contributed by atoms with Crippen molar-refractivity contribution in [3.05, 3.63) is 65.9 Å². The minimum atomic E-state index is 0.0953. The predicted molar refractivity (Wildman–Crippen MR) is 94.7 cm³/mol. The molecular formula is C20H21NO3. The second-order valence-corrected chi connectivity index (χ2v) is 5.84. The number of methoxy groups -OCH3 is 2. The smallest absolute Gasteiger partial charge is 0.139 e. The Morgan fingerprint density at radius 1 is 0.917 bits per heavy atom. The van der Waals surface area contributed by atoms with E-state index in [4.69, 9.17) is 9.47 Å². The fraction of sp³-hybridized carbons (Fsp3) is 0.250. The van der Waals surface area contributed by atoms with Crippen LogP contribution in [0.25, 0.3) is 0 Å². The molecule has 0 spiro atoms. The van der Waals surface area contributed by atoms with Gasteiger partial charge in [0, 0.05) is 30.1 Å². The van der Waals surface area contributed by atoms with Gasteiger partial charge in [0.1, 0.15) is 17.3 Å². The maximum atomic E-state index is 12.1. The number of Topliss-reactive ketones (excluding diaryl/α,β-unsaturated/α-hetero) is 1. The third-order valence-electron chi connectivity index (χ3n) is 4.18. The zero-order chi connectivity index (χ0) is 16.9. The fourth-order valence-corrected chi connectivity index (χ4v) is 2.90. The van der Waals surface area contributed by atoms with Gasteiger partial charge in [0.15, 0.2) is 0 Å². The molecule has 0 saturated heterocycles. The number of ether oxygens (including phenoxy) is 2. The molecule has 0 bridgehead atoms. The van der Waals surface area contributed by atoms with Gasteiger partial charge in [0.05, 0.1) is 14.2 Å². The van der Waals surface area contributed by atoms with Crippen molar-refractivity contribution in [2.45, 2.75) is 18.8 Å². The van der Waals surface area contributed by atoms with Gasteiger partial charge < -0.3 is 14.8 Å². The summed E-state index contributed by atoms with van der Waals surface area (Å²) in [6.07, 6.45) is 3.13. The molecule has 0 aromatic heterocycles. The van der Waals surface area contributed by atoms with Crippen molar-refractivity contribution in [3.63, 3.8) is 0 Å². The molecule has 2 aromatic carbocycles. The number of rotatable bonds is 5. The highest BCUT2D eigenvalue weighted by Crippen LogP contribution is 2.31. The number of nitrogens with one attached hydrogen (secondary N) is 1. The highest BCUT2D eigenvalue weighted by Gasteiger charge is 2.21. The van der Waals surface area contributed by atoms with Gasteiger partial charge in [-0.1, -0.05) is 18.2 Å². The topological polar surface area (TPSA) is 47.6 Å². The summed E-state index contributed by atoms with van der Waals surface area (Å²) >= 11 is 0. The van der Waals surface area contributed by atoms with Crippen LogP contribution in [0.2, 0.25) is 0 Å². The lowest BCUT2D eigenvalue weighted by molar-refractivity contribution is -0.118. The minimum Gasteiger partial charge on any atom is -0.497 e. The summed E-state index contributed by atoms with van der Waals surface area (Å²) in [5.74, 6) is 1.97. The molecule has 3 rings (SSSR count). The van der Waals surface area contributed by atoms with E-state index in [1.807, 2.05) is 48.5 Å². The van der Waals surface area contributed by atoms with Gasteiger partial charge >= 0.3 is 0 Å². The van der Waals surface area contributed by atoms with Crippen LogP contribution in [0.15, 0.2) is 60.3 Å². The van der Waals surface area contributed by atoms with Gasteiger partial charge in [-0.15, -0.1) is 0 Å². The first-order valence-electron chi connectivity index (χ1n) is 7.95. The largest absolute Gasteiger partial charge is 0.497 e. The van der Waals surface area contributed by atoms with Crippen LogP contribution < -0.4 is 14.8 Å². The van der Waals surface area contributed by atoms with E-state index in [9.17, 15) is 4.79 Å². The van der Waals surface area contributed by atoms with E-state index >= 15 is 0 Å². The van der Waals surface area contributed by atoms with Crippen LogP contribution in [0.5, 0.6) is 11.5 Å². The number of carbonyl (C=O) groups is 1. The second kappa shape index (κ2) is 7.21. The Hall–Kier alpha value is -2.75. The zero-order valence-corrected chi connectivity index (χ0v) is 13.9. The predicted octanol–water partition coefficient (Wildman–Crippen LogP) is 4.15. The third-order valence-corrected chi connectivity index (χ3v) is 4.18. The molecule has 124 valence electrons. The molecule has 0 radical (unpaired) electrons. The summed E-state index contributed by atoms with van der Waals surface area (Å²) < 4.78 is 10.4. The van der Waals surface area contributed by atoms with Crippen molar-refractivity contribution in [2.75, 3.05) is 19.5 Å². The van der Waals surface area contributed by atoms with E-state index in [1.165, 1.54) is 0 Å². The van der Waals surface area contributed by atoms with Crippen molar-refractivity contribution in [3.8, 4) is 11.5 Å². The third kappa shape index (κ3) is 3.77. The number of ketones is 1. The molecule has 24 heavy (non-hydrogen) atoms. The first kappa shape index (κ1) is 16.1. The Balaban J connectivity index is 1.78. The lowest BCUT2D eigenvalue weighted by Gasteiger charge is -2.22. The number of anilines is 1. The molecule has 1 aliphatic carbocycles. The Bertz CT molecular complexity index is 732. The van der Waals surface area contributed by atoms with Crippen LogP contribution in [0.1, 0.15) is 24.3 Å². The Kier molecular flexibility index (Phi) is 4.85. The van der Waals surface area contributed by atoms with E-state index in [2.05, 4.69) is 11.4 Å². The lowest BCUT2D eigenvalue weighted by atomic mass is 9.87. The fourth-order valence-electron chi connectivity index (χ4n) is 2.90. The first-order chi connectivity index (χ1) is 11.7. The normalized spacial score (nSPS) is 17.2. The Labute approximate surface area is 142 Å². The Morgan fingerprint density at radius 3 is 2.08 bits per heavy atom. The average Bonchev–Trinajstić information content (AvgIpc) is 2.62. The molecule has 1 N–H and O–H groups in total. The summed E-state index contributed by atoms with van der Waals surface area (Å²) in [5, 5.41) is 3.34. The standard InChI is InChI=1S/C20H21NO3/c1-23-19-7-3-14(4-8-19)15-11-17(13-18(22)12-15)21-16-5-9-20(24-2)10-6-16/h3-11,15,21H,12-13H2,1-2H3. The molecule has 1 unspecified atom stereocenters. The van der Waals surface area contributed by atoms with Crippen molar-refractivity contribution in [2.24, 2.45) is 0 Å². The molecule has 1 aliphatic rings. The SMILES string of the molecule is COc1ccc(NC2=CC(c3ccc(OC)cc3)CC(=O)C2)cc1. The zero-order valence-electron chi connectivity index (χ0n) is 13.9. The molecule has 4 nitrogen and oxygen atoms in total. The highest BCUT2D eigenvalue weighted by molar-refractivity contribution is 5.84. The quantitative estimate of drug-likeness (QED) is 0.898.